The fourth-order valence-electron chi connectivity index (χ4n) is 3.50. The highest BCUT2D eigenvalue weighted by Gasteiger charge is 2.34. The largest absolute Gasteiger partial charge is 0.481 e. The van der Waals surface area contributed by atoms with Crippen LogP contribution >= 0.6 is 0 Å². The van der Waals surface area contributed by atoms with Gasteiger partial charge in [0.05, 0.1) is 5.92 Å². The summed E-state index contributed by atoms with van der Waals surface area (Å²) in [5.74, 6) is -0.471. The zero-order chi connectivity index (χ0) is 13.9. The van der Waals surface area contributed by atoms with Crippen molar-refractivity contribution in [2.45, 2.75) is 24.8 Å². The Balaban J connectivity index is 1.62. The molecule has 108 valence electrons. The Morgan fingerprint density at radius 2 is 2.00 bits per heavy atom. The van der Waals surface area contributed by atoms with Crippen molar-refractivity contribution in [2.24, 2.45) is 5.92 Å². The molecule has 0 amide bonds. The highest BCUT2D eigenvalue weighted by Crippen LogP contribution is 2.28. The second kappa shape index (κ2) is 5.94. The SMILES string of the molecule is O=C(O)C(CNC1CN2CCC1CC2)c1ccccc1. The maximum atomic E-state index is 11.5. The highest BCUT2D eigenvalue weighted by molar-refractivity contribution is 5.76. The van der Waals surface area contributed by atoms with E-state index in [-0.39, 0.29) is 0 Å². The predicted octanol–water partition coefficient (Wildman–Crippen LogP) is 1.54. The van der Waals surface area contributed by atoms with Gasteiger partial charge in [0.2, 0.25) is 0 Å². The van der Waals surface area contributed by atoms with Gasteiger partial charge in [-0.25, -0.2) is 0 Å². The third kappa shape index (κ3) is 2.86. The number of piperidine rings is 3. The molecule has 20 heavy (non-hydrogen) atoms. The minimum atomic E-state index is -0.745. The molecule has 3 heterocycles. The van der Waals surface area contributed by atoms with Gasteiger partial charge in [0.25, 0.3) is 0 Å². The monoisotopic (exact) mass is 274 g/mol. The first kappa shape index (κ1) is 13.6. The summed E-state index contributed by atoms with van der Waals surface area (Å²) >= 11 is 0. The lowest BCUT2D eigenvalue weighted by atomic mass is 9.83. The van der Waals surface area contributed by atoms with Crippen LogP contribution in [0.5, 0.6) is 0 Å². The summed E-state index contributed by atoms with van der Waals surface area (Å²) in [4.78, 5) is 14.0. The van der Waals surface area contributed by atoms with Crippen molar-refractivity contribution < 1.29 is 9.90 Å². The third-order valence-electron chi connectivity index (χ3n) is 4.74. The van der Waals surface area contributed by atoms with Crippen molar-refractivity contribution in [1.29, 1.82) is 0 Å². The van der Waals surface area contributed by atoms with E-state index in [1.54, 1.807) is 0 Å². The number of benzene rings is 1. The van der Waals surface area contributed by atoms with E-state index >= 15 is 0 Å². The van der Waals surface area contributed by atoms with Crippen LogP contribution in [0.25, 0.3) is 0 Å². The lowest BCUT2D eigenvalue weighted by Crippen LogP contribution is -2.56. The van der Waals surface area contributed by atoms with Crippen molar-refractivity contribution in [3.05, 3.63) is 35.9 Å². The molecule has 0 aromatic heterocycles. The molecule has 0 saturated carbocycles. The number of hydrogen-bond donors (Lipinski definition) is 2. The average Bonchev–Trinajstić information content (AvgIpc) is 2.49. The van der Waals surface area contributed by atoms with Gasteiger partial charge in [0.15, 0.2) is 0 Å². The summed E-state index contributed by atoms with van der Waals surface area (Å²) < 4.78 is 0. The molecule has 4 rings (SSSR count). The summed E-state index contributed by atoms with van der Waals surface area (Å²) in [6.45, 7) is 4.02. The van der Waals surface area contributed by atoms with E-state index in [2.05, 4.69) is 10.2 Å². The van der Waals surface area contributed by atoms with Crippen molar-refractivity contribution in [3.63, 3.8) is 0 Å². The highest BCUT2D eigenvalue weighted by atomic mass is 16.4. The molecular formula is C16H22N2O2. The van der Waals surface area contributed by atoms with Gasteiger partial charge < -0.3 is 15.3 Å². The van der Waals surface area contributed by atoms with Crippen molar-refractivity contribution in [2.75, 3.05) is 26.2 Å². The minimum Gasteiger partial charge on any atom is -0.481 e. The molecule has 0 aliphatic carbocycles. The smallest absolute Gasteiger partial charge is 0.312 e. The Hall–Kier alpha value is -1.39. The molecule has 0 spiro atoms. The van der Waals surface area contributed by atoms with E-state index in [4.69, 9.17) is 0 Å². The quantitative estimate of drug-likeness (QED) is 0.855. The van der Waals surface area contributed by atoms with Crippen molar-refractivity contribution in [3.8, 4) is 0 Å². The molecule has 0 radical (unpaired) electrons. The maximum Gasteiger partial charge on any atom is 0.312 e. The van der Waals surface area contributed by atoms with E-state index in [0.717, 1.165) is 18.0 Å². The van der Waals surface area contributed by atoms with Crippen LogP contribution in [-0.2, 0) is 4.79 Å². The van der Waals surface area contributed by atoms with Crippen LogP contribution < -0.4 is 5.32 Å². The van der Waals surface area contributed by atoms with E-state index < -0.39 is 11.9 Å². The van der Waals surface area contributed by atoms with Gasteiger partial charge in [0.1, 0.15) is 0 Å². The lowest BCUT2D eigenvalue weighted by molar-refractivity contribution is -0.138. The molecule has 3 aliphatic heterocycles. The Morgan fingerprint density at radius 1 is 1.30 bits per heavy atom. The van der Waals surface area contributed by atoms with Gasteiger partial charge in [0, 0.05) is 19.1 Å². The number of aliphatic carboxylic acids is 1. The number of nitrogens with one attached hydrogen (secondary N) is 1. The molecule has 2 unspecified atom stereocenters. The van der Waals surface area contributed by atoms with Crippen LogP contribution in [0.3, 0.4) is 0 Å². The van der Waals surface area contributed by atoms with Gasteiger partial charge in [-0.2, -0.15) is 0 Å². The minimum absolute atomic E-state index is 0.452. The number of rotatable bonds is 5. The van der Waals surface area contributed by atoms with Gasteiger partial charge in [-0.05, 0) is 37.4 Å². The number of nitrogens with zero attached hydrogens (tertiary/aromatic N) is 1. The van der Waals surface area contributed by atoms with Gasteiger partial charge in [-0.15, -0.1) is 0 Å². The zero-order valence-corrected chi connectivity index (χ0v) is 11.7. The summed E-state index contributed by atoms with van der Waals surface area (Å²) in [6, 6.07) is 9.99. The normalized spacial score (nSPS) is 30.1. The van der Waals surface area contributed by atoms with Gasteiger partial charge in [-0.1, -0.05) is 30.3 Å². The van der Waals surface area contributed by atoms with Crippen LogP contribution in [0.2, 0.25) is 0 Å². The number of carbonyl (C=O) groups is 1. The number of fused-ring (bicyclic) bond motifs is 3. The fraction of sp³-hybridized carbons (Fsp3) is 0.562. The Kier molecular flexibility index (Phi) is 4.03. The Morgan fingerprint density at radius 3 is 2.55 bits per heavy atom. The standard InChI is InChI=1S/C16H22N2O2/c19-16(20)14(12-4-2-1-3-5-12)10-17-15-11-18-8-6-13(15)7-9-18/h1-5,13-15,17H,6-11H2,(H,19,20). The topological polar surface area (TPSA) is 52.6 Å². The van der Waals surface area contributed by atoms with Crippen LogP contribution in [0.15, 0.2) is 30.3 Å². The molecule has 1 aromatic rings. The maximum absolute atomic E-state index is 11.5. The molecule has 2 bridgehead atoms. The van der Waals surface area contributed by atoms with Crippen LogP contribution in [-0.4, -0.2) is 48.2 Å². The molecule has 3 aliphatic rings. The third-order valence-corrected chi connectivity index (χ3v) is 4.74. The molecule has 4 nitrogen and oxygen atoms in total. The van der Waals surface area contributed by atoms with Crippen molar-refractivity contribution >= 4 is 5.97 Å². The zero-order valence-electron chi connectivity index (χ0n) is 11.7. The average molecular weight is 274 g/mol. The first-order chi connectivity index (χ1) is 9.74. The summed E-state index contributed by atoms with van der Waals surface area (Å²) in [5, 5.41) is 12.9. The Labute approximate surface area is 119 Å². The van der Waals surface area contributed by atoms with Crippen LogP contribution in [0, 0.1) is 5.92 Å². The first-order valence-corrected chi connectivity index (χ1v) is 7.47. The van der Waals surface area contributed by atoms with E-state index in [0.29, 0.717) is 12.6 Å². The number of carboxylic acids is 1. The second-order valence-corrected chi connectivity index (χ2v) is 5.95. The first-order valence-electron chi connectivity index (χ1n) is 7.47. The summed E-state index contributed by atoms with van der Waals surface area (Å²) in [7, 11) is 0. The van der Waals surface area contributed by atoms with E-state index in [9.17, 15) is 9.90 Å². The second-order valence-electron chi connectivity index (χ2n) is 5.95. The molecule has 2 atom stereocenters. The molecule has 1 aromatic carbocycles. The van der Waals surface area contributed by atoms with Crippen LogP contribution in [0.4, 0.5) is 0 Å². The molecule has 3 saturated heterocycles. The number of carboxylic acid groups (broad SMARTS) is 1. The molecule has 3 fully saturated rings. The summed E-state index contributed by atoms with van der Waals surface area (Å²) in [6.07, 6.45) is 2.50. The van der Waals surface area contributed by atoms with Gasteiger partial charge >= 0.3 is 5.97 Å². The summed E-state index contributed by atoms with van der Waals surface area (Å²) in [5.41, 5.74) is 0.883. The fourth-order valence-corrected chi connectivity index (χ4v) is 3.50. The van der Waals surface area contributed by atoms with Crippen LogP contribution in [0.1, 0.15) is 24.3 Å². The van der Waals surface area contributed by atoms with Gasteiger partial charge in [-0.3, -0.25) is 4.79 Å². The molecule has 4 heteroatoms. The number of hydrogen-bond acceptors (Lipinski definition) is 3. The lowest BCUT2D eigenvalue weighted by Gasteiger charge is -2.45. The van der Waals surface area contributed by atoms with E-state index in [1.165, 1.54) is 25.9 Å². The Bertz CT molecular complexity index is 455. The van der Waals surface area contributed by atoms with E-state index in [1.807, 2.05) is 30.3 Å². The molecular weight excluding hydrogens is 252 g/mol. The van der Waals surface area contributed by atoms with Crippen molar-refractivity contribution in [1.82, 2.24) is 10.2 Å². The molecule has 2 N–H and O–H groups in total. The predicted molar refractivity (Wildman–Crippen MR) is 77.8 cm³/mol.